The van der Waals surface area contributed by atoms with Crippen molar-refractivity contribution < 1.29 is 14.5 Å². The fraction of sp³-hybridized carbons (Fsp3) is 0.105. The molecular weight excluding hydrogens is 380 g/mol. The van der Waals surface area contributed by atoms with Crippen molar-refractivity contribution in [2.24, 2.45) is 0 Å². The fourth-order valence-corrected chi connectivity index (χ4v) is 2.76. The number of aromatic nitrogens is 2. The molecule has 0 aliphatic rings. The third-order valence-corrected chi connectivity index (χ3v) is 4.22. The average molecular weight is 396 g/mol. The van der Waals surface area contributed by atoms with E-state index in [-0.39, 0.29) is 11.3 Å². The standard InChI is InChI=1S/C19H16N4O4S/c1-12-11-17(22-19(20-12)28-2)21-14-5-9-16(10-6-14)27-18(24)13-3-7-15(8-4-13)23(25)26/h3-11H,1-2H3,(H,20,21,22). The molecule has 0 spiro atoms. The molecule has 0 saturated carbocycles. The Labute approximate surface area is 165 Å². The molecule has 9 heteroatoms. The second-order valence-electron chi connectivity index (χ2n) is 5.72. The number of hydrogen-bond acceptors (Lipinski definition) is 8. The van der Waals surface area contributed by atoms with Crippen LogP contribution < -0.4 is 10.1 Å². The molecule has 0 amide bonds. The smallest absolute Gasteiger partial charge is 0.343 e. The van der Waals surface area contributed by atoms with E-state index in [0.29, 0.717) is 16.7 Å². The number of nitrogens with one attached hydrogen (secondary N) is 1. The summed E-state index contributed by atoms with van der Waals surface area (Å²) in [6.45, 7) is 1.90. The molecule has 3 rings (SSSR count). The number of carbonyl (C=O) groups excluding carboxylic acids is 1. The van der Waals surface area contributed by atoms with Crippen LogP contribution in [0.25, 0.3) is 0 Å². The minimum absolute atomic E-state index is 0.0865. The summed E-state index contributed by atoms with van der Waals surface area (Å²) >= 11 is 1.46. The number of non-ortho nitro benzene ring substituents is 1. The number of ether oxygens (including phenoxy) is 1. The van der Waals surface area contributed by atoms with Gasteiger partial charge in [0.15, 0.2) is 5.16 Å². The van der Waals surface area contributed by atoms with Crippen LogP contribution in [-0.2, 0) is 0 Å². The number of rotatable bonds is 6. The normalized spacial score (nSPS) is 10.4. The van der Waals surface area contributed by atoms with E-state index >= 15 is 0 Å². The summed E-state index contributed by atoms with van der Waals surface area (Å²) in [6, 6.07) is 13.9. The predicted molar refractivity (Wildman–Crippen MR) is 106 cm³/mol. The maximum absolute atomic E-state index is 12.2. The van der Waals surface area contributed by atoms with Gasteiger partial charge in [0.05, 0.1) is 10.5 Å². The molecular formula is C19H16N4O4S. The lowest BCUT2D eigenvalue weighted by atomic mass is 10.2. The van der Waals surface area contributed by atoms with Crippen molar-refractivity contribution in [2.45, 2.75) is 12.1 Å². The van der Waals surface area contributed by atoms with Gasteiger partial charge >= 0.3 is 5.97 Å². The molecule has 1 N–H and O–H groups in total. The molecule has 3 aromatic rings. The maximum atomic E-state index is 12.2. The summed E-state index contributed by atoms with van der Waals surface area (Å²) in [6.07, 6.45) is 1.91. The lowest BCUT2D eigenvalue weighted by Crippen LogP contribution is -2.08. The average Bonchev–Trinajstić information content (AvgIpc) is 2.69. The number of esters is 1. The van der Waals surface area contributed by atoms with Gasteiger partial charge in [-0.3, -0.25) is 10.1 Å². The highest BCUT2D eigenvalue weighted by molar-refractivity contribution is 7.98. The van der Waals surface area contributed by atoms with Crippen LogP contribution in [-0.4, -0.2) is 27.1 Å². The monoisotopic (exact) mass is 396 g/mol. The van der Waals surface area contributed by atoms with Gasteiger partial charge < -0.3 is 10.1 Å². The Balaban J connectivity index is 1.66. The van der Waals surface area contributed by atoms with Crippen molar-refractivity contribution in [2.75, 3.05) is 11.6 Å². The quantitative estimate of drug-likeness (QED) is 0.163. The van der Waals surface area contributed by atoms with Crippen molar-refractivity contribution in [1.29, 1.82) is 0 Å². The molecule has 0 saturated heterocycles. The molecule has 0 aliphatic heterocycles. The van der Waals surface area contributed by atoms with E-state index in [1.165, 1.54) is 36.0 Å². The molecule has 1 heterocycles. The molecule has 2 aromatic carbocycles. The number of thioether (sulfide) groups is 1. The van der Waals surface area contributed by atoms with Crippen LogP contribution in [0.4, 0.5) is 17.2 Å². The van der Waals surface area contributed by atoms with Crippen molar-refractivity contribution in [3.63, 3.8) is 0 Å². The number of hydrogen-bond donors (Lipinski definition) is 1. The largest absolute Gasteiger partial charge is 0.423 e. The van der Waals surface area contributed by atoms with Gasteiger partial charge in [-0.15, -0.1) is 0 Å². The number of carbonyl (C=O) groups is 1. The van der Waals surface area contributed by atoms with Gasteiger partial charge in [0.2, 0.25) is 0 Å². The maximum Gasteiger partial charge on any atom is 0.343 e. The minimum Gasteiger partial charge on any atom is -0.423 e. The Morgan fingerprint density at radius 1 is 1.11 bits per heavy atom. The molecule has 1 aromatic heterocycles. The fourth-order valence-electron chi connectivity index (χ4n) is 2.34. The van der Waals surface area contributed by atoms with E-state index in [4.69, 9.17) is 4.74 Å². The van der Waals surface area contributed by atoms with E-state index in [9.17, 15) is 14.9 Å². The minimum atomic E-state index is -0.591. The zero-order valence-electron chi connectivity index (χ0n) is 15.1. The second kappa shape index (κ2) is 8.49. The van der Waals surface area contributed by atoms with Gasteiger partial charge in [0, 0.05) is 29.6 Å². The Morgan fingerprint density at radius 2 is 1.79 bits per heavy atom. The number of nitrogens with zero attached hydrogens (tertiary/aromatic N) is 3. The van der Waals surface area contributed by atoms with Gasteiger partial charge in [-0.1, -0.05) is 11.8 Å². The van der Waals surface area contributed by atoms with Gasteiger partial charge in [-0.05, 0) is 49.6 Å². The van der Waals surface area contributed by atoms with Gasteiger partial charge in [-0.25, -0.2) is 14.8 Å². The van der Waals surface area contributed by atoms with E-state index in [2.05, 4.69) is 15.3 Å². The van der Waals surface area contributed by atoms with Crippen LogP contribution in [0.3, 0.4) is 0 Å². The van der Waals surface area contributed by atoms with Crippen molar-refractivity contribution in [3.8, 4) is 5.75 Å². The number of nitro benzene ring substituents is 1. The number of anilines is 2. The highest BCUT2D eigenvalue weighted by Crippen LogP contribution is 2.22. The van der Waals surface area contributed by atoms with Crippen LogP contribution in [0.5, 0.6) is 5.75 Å². The van der Waals surface area contributed by atoms with Crippen LogP contribution in [0.1, 0.15) is 16.1 Å². The first-order valence-corrected chi connectivity index (χ1v) is 9.40. The van der Waals surface area contributed by atoms with Crippen LogP contribution in [0.2, 0.25) is 0 Å². The molecule has 142 valence electrons. The van der Waals surface area contributed by atoms with Gasteiger partial charge in [0.25, 0.3) is 5.69 Å². The third kappa shape index (κ3) is 4.83. The highest BCUT2D eigenvalue weighted by Gasteiger charge is 2.11. The molecule has 0 fully saturated rings. The van der Waals surface area contributed by atoms with E-state index in [1.54, 1.807) is 24.3 Å². The zero-order valence-corrected chi connectivity index (χ0v) is 15.9. The summed E-state index contributed by atoms with van der Waals surface area (Å²) in [5.41, 5.74) is 1.78. The molecule has 28 heavy (non-hydrogen) atoms. The first-order chi connectivity index (χ1) is 13.4. The van der Waals surface area contributed by atoms with Gasteiger partial charge in [-0.2, -0.15) is 0 Å². The predicted octanol–water partition coefficient (Wildman–Crippen LogP) is 4.38. The van der Waals surface area contributed by atoms with Crippen molar-refractivity contribution in [3.05, 3.63) is 76.0 Å². The van der Waals surface area contributed by atoms with E-state index in [0.717, 1.165) is 11.4 Å². The Kier molecular flexibility index (Phi) is 5.85. The molecule has 0 unspecified atom stereocenters. The summed E-state index contributed by atoms with van der Waals surface area (Å²) in [4.78, 5) is 31.0. The SMILES string of the molecule is CSc1nc(C)cc(Nc2ccc(OC(=O)c3ccc([N+](=O)[O-])cc3)cc2)n1. The molecule has 8 nitrogen and oxygen atoms in total. The highest BCUT2D eigenvalue weighted by atomic mass is 32.2. The number of nitro groups is 1. The summed E-state index contributed by atoms with van der Waals surface area (Å²) in [5, 5.41) is 14.5. The molecule has 0 atom stereocenters. The van der Waals surface area contributed by atoms with E-state index in [1.807, 2.05) is 19.2 Å². The molecule has 0 bridgehead atoms. The molecule has 0 radical (unpaired) electrons. The van der Waals surface area contributed by atoms with Gasteiger partial charge in [0.1, 0.15) is 11.6 Å². The first-order valence-electron chi connectivity index (χ1n) is 8.18. The topological polar surface area (TPSA) is 107 Å². The van der Waals surface area contributed by atoms with Crippen molar-refractivity contribution >= 4 is 34.9 Å². The van der Waals surface area contributed by atoms with Crippen LogP contribution >= 0.6 is 11.8 Å². The Bertz CT molecular complexity index is 1010. The first kappa shape index (κ1) is 19.3. The summed E-state index contributed by atoms with van der Waals surface area (Å²) < 4.78 is 5.30. The zero-order chi connectivity index (χ0) is 20.1. The number of benzene rings is 2. The van der Waals surface area contributed by atoms with E-state index < -0.39 is 10.9 Å². The second-order valence-corrected chi connectivity index (χ2v) is 6.50. The van der Waals surface area contributed by atoms with Crippen molar-refractivity contribution in [1.82, 2.24) is 9.97 Å². The Morgan fingerprint density at radius 3 is 2.39 bits per heavy atom. The number of aryl methyl sites for hydroxylation is 1. The lowest BCUT2D eigenvalue weighted by molar-refractivity contribution is -0.384. The summed E-state index contributed by atoms with van der Waals surface area (Å²) in [5.74, 6) is 0.441. The van der Waals surface area contributed by atoms with Crippen LogP contribution in [0, 0.1) is 17.0 Å². The third-order valence-electron chi connectivity index (χ3n) is 3.67. The summed E-state index contributed by atoms with van der Waals surface area (Å²) in [7, 11) is 0. The van der Waals surface area contributed by atoms with Crippen LogP contribution in [0.15, 0.2) is 59.8 Å². The lowest BCUT2D eigenvalue weighted by Gasteiger charge is -2.09. The molecule has 0 aliphatic carbocycles. The Hall–Kier alpha value is -3.46.